The first-order valence-corrected chi connectivity index (χ1v) is 5.57. The maximum atomic E-state index is 11.7. The number of anilines is 1. The molecule has 0 radical (unpaired) electrons. The number of aromatic nitrogens is 2. The van der Waals surface area contributed by atoms with Crippen LogP contribution < -0.4 is 10.5 Å². The van der Waals surface area contributed by atoms with Gasteiger partial charge in [-0.15, -0.1) is 0 Å². The van der Waals surface area contributed by atoms with Gasteiger partial charge in [0.1, 0.15) is 12.3 Å². The molecule has 0 fully saturated rings. The topological polar surface area (TPSA) is 87.3 Å². The second-order valence-corrected chi connectivity index (χ2v) is 3.72. The Balaban J connectivity index is 2.02. The molecule has 2 rings (SSSR count). The van der Waals surface area contributed by atoms with Gasteiger partial charge in [-0.25, -0.2) is 14.8 Å². The van der Waals surface area contributed by atoms with Crippen LogP contribution in [0.4, 0.5) is 5.69 Å². The number of nitrogens with two attached hydrogens (primary N) is 1. The molecule has 6 nitrogen and oxygen atoms in total. The van der Waals surface area contributed by atoms with Gasteiger partial charge in [0.25, 0.3) is 0 Å². The molecular formula is C13H13N3O3. The number of carbonyl (C=O) groups excluding carboxylic acids is 1. The Morgan fingerprint density at radius 1 is 1.32 bits per heavy atom. The Morgan fingerprint density at radius 3 is 2.84 bits per heavy atom. The molecule has 0 aromatic carbocycles. The third-order valence-electron chi connectivity index (χ3n) is 2.40. The number of hydrogen-bond acceptors (Lipinski definition) is 6. The molecule has 98 valence electrons. The smallest absolute Gasteiger partial charge is 0.357 e. The van der Waals surface area contributed by atoms with Crippen LogP contribution in [0.2, 0.25) is 0 Å². The van der Waals surface area contributed by atoms with E-state index in [-0.39, 0.29) is 12.3 Å². The van der Waals surface area contributed by atoms with Gasteiger partial charge < -0.3 is 15.2 Å². The third-order valence-corrected chi connectivity index (χ3v) is 2.40. The van der Waals surface area contributed by atoms with E-state index in [2.05, 4.69) is 9.97 Å². The fourth-order valence-corrected chi connectivity index (χ4v) is 1.46. The quantitative estimate of drug-likeness (QED) is 0.835. The summed E-state index contributed by atoms with van der Waals surface area (Å²) >= 11 is 0. The molecule has 2 aromatic heterocycles. The maximum Gasteiger partial charge on any atom is 0.357 e. The predicted octanol–water partition coefficient (Wildman–Crippen LogP) is 1.42. The van der Waals surface area contributed by atoms with Crippen LogP contribution in [0, 0.1) is 0 Å². The van der Waals surface area contributed by atoms with Crippen molar-refractivity contribution in [2.24, 2.45) is 0 Å². The van der Waals surface area contributed by atoms with Crippen LogP contribution in [0.15, 0.2) is 36.7 Å². The van der Waals surface area contributed by atoms with Crippen molar-refractivity contribution in [3.8, 4) is 5.88 Å². The molecule has 2 heterocycles. The van der Waals surface area contributed by atoms with Gasteiger partial charge in [0, 0.05) is 6.20 Å². The van der Waals surface area contributed by atoms with Gasteiger partial charge in [0.2, 0.25) is 5.88 Å². The van der Waals surface area contributed by atoms with Crippen LogP contribution in [-0.4, -0.2) is 23.0 Å². The number of nitrogen functional groups attached to an aromatic ring is 1. The highest BCUT2D eigenvalue weighted by Gasteiger charge is 2.11. The molecule has 0 amide bonds. The summed E-state index contributed by atoms with van der Waals surface area (Å²) in [6.07, 6.45) is 3.01. The van der Waals surface area contributed by atoms with Crippen LogP contribution >= 0.6 is 0 Å². The zero-order chi connectivity index (χ0) is 13.7. The molecule has 0 aliphatic carbocycles. The van der Waals surface area contributed by atoms with Crippen molar-refractivity contribution in [1.29, 1.82) is 0 Å². The van der Waals surface area contributed by atoms with Crippen LogP contribution in [0.25, 0.3) is 0 Å². The number of methoxy groups -OCH3 is 1. The summed E-state index contributed by atoms with van der Waals surface area (Å²) in [5.41, 5.74) is 6.88. The van der Waals surface area contributed by atoms with Crippen LogP contribution in [0.5, 0.6) is 5.88 Å². The minimum absolute atomic E-state index is 0.0713. The van der Waals surface area contributed by atoms with Crippen molar-refractivity contribution in [2.75, 3.05) is 12.8 Å². The lowest BCUT2D eigenvalue weighted by atomic mass is 10.3. The first-order chi connectivity index (χ1) is 9.20. The molecular weight excluding hydrogens is 246 g/mol. The van der Waals surface area contributed by atoms with E-state index >= 15 is 0 Å². The van der Waals surface area contributed by atoms with E-state index in [1.54, 1.807) is 24.4 Å². The molecule has 2 N–H and O–H groups in total. The van der Waals surface area contributed by atoms with Crippen molar-refractivity contribution in [2.45, 2.75) is 6.61 Å². The normalized spacial score (nSPS) is 9.95. The molecule has 0 aliphatic heterocycles. The molecule has 19 heavy (non-hydrogen) atoms. The van der Waals surface area contributed by atoms with Crippen molar-refractivity contribution in [3.05, 3.63) is 47.9 Å². The Morgan fingerprint density at radius 2 is 2.16 bits per heavy atom. The Bertz CT molecular complexity index is 570. The van der Waals surface area contributed by atoms with Gasteiger partial charge in [-0.1, -0.05) is 0 Å². The lowest BCUT2D eigenvalue weighted by Gasteiger charge is -2.07. The first-order valence-electron chi connectivity index (χ1n) is 5.57. The van der Waals surface area contributed by atoms with Gasteiger partial charge in [-0.2, -0.15) is 0 Å². The van der Waals surface area contributed by atoms with Gasteiger partial charge in [0.15, 0.2) is 0 Å². The lowest BCUT2D eigenvalue weighted by molar-refractivity contribution is 0.0462. The number of nitrogens with zero attached hydrogens (tertiary/aromatic N) is 2. The molecule has 0 atom stereocenters. The van der Waals surface area contributed by atoms with E-state index < -0.39 is 5.97 Å². The van der Waals surface area contributed by atoms with Crippen molar-refractivity contribution in [3.63, 3.8) is 0 Å². The van der Waals surface area contributed by atoms with E-state index in [9.17, 15) is 4.79 Å². The van der Waals surface area contributed by atoms with Crippen molar-refractivity contribution in [1.82, 2.24) is 9.97 Å². The maximum absolute atomic E-state index is 11.7. The number of ether oxygens (including phenoxy) is 2. The van der Waals surface area contributed by atoms with Gasteiger partial charge in [-0.3, -0.25) is 0 Å². The largest absolute Gasteiger partial charge is 0.481 e. The highest BCUT2D eigenvalue weighted by atomic mass is 16.5. The molecule has 0 saturated carbocycles. The standard InChI is InChI=1S/C13H13N3O3/c1-18-12-9(3-2-6-15-12)8-19-13(17)11-5-4-10(14)7-16-11/h2-7H,8,14H2,1H3. The number of pyridine rings is 2. The second kappa shape index (κ2) is 5.81. The van der Waals surface area contributed by atoms with Gasteiger partial charge in [-0.05, 0) is 24.3 Å². The molecule has 2 aromatic rings. The number of carbonyl (C=O) groups is 1. The predicted molar refractivity (Wildman–Crippen MR) is 68.6 cm³/mol. The average Bonchev–Trinajstić information content (AvgIpc) is 2.45. The van der Waals surface area contributed by atoms with E-state index in [1.165, 1.54) is 19.4 Å². The fourth-order valence-electron chi connectivity index (χ4n) is 1.46. The van der Waals surface area contributed by atoms with E-state index in [0.717, 1.165) is 0 Å². The molecule has 0 saturated heterocycles. The summed E-state index contributed by atoms with van der Waals surface area (Å²) in [6, 6.07) is 6.62. The molecule has 0 aliphatic rings. The highest BCUT2D eigenvalue weighted by molar-refractivity contribution is 5.87. The summed E-state index contributed by atoms with van der Waals surface area (Å²) in [4.78, 5) is 19.6. The highest BCUT2D eigenvalue weighted by Crippen LogP contribution is 2.15. The number of esters is 1. The summed E-state index contributed by atoms with van der Waals surface area (Å²) < 4.78 is 10.2. The third kappa shape index (κ3) is 3.19. The zero-order valence-electron chi connectivity index (χ0n) is 10.4. The first kappa shape index (κ1) is 12.8. The number of hydrogen-bond donors (Lipinski definition) is 1. The average molecular weight is 259 g/mol. The van der Waals surface area contributed by atoms with E-state index in [4.69, 9.17) is 15.2 Å². The monoisotopic (exact) mass is 259 g/mol. The molecule has 0 bridgehead atoms. The summed E-state index contributed by atoms with van der Waals surface area (Å²) in [5.74, 6) is -0.0912. The number of rotatable bonds is 4. The zero-order valence-corrected chi connectivity index (χ0v) is 10.4. The summed E-state index contributed by atoms with van der Waals surface area (Å²) in [6.45, 7) is 0.0713. The molecule has 0 unspecified atom stereocenters. The minimum atomic E-state index is -0.522. The van der Waals surface area contributed by atoms with Gasteiger partial charge in [0.05, 0.1) is 24.6 Å². The summed E-state index contributed by atoms with van der Waals surface area (Å²) in [5, 5.41) is 0. The Labute approximate surface area is 110 Å². The summed E-state index contributed by atoms with van der Waals surface area (Å²) in [7, 11) is 1.51. The van der Waals surface area contributed by atoms with Crippen LogP contribution in [0.3, 0.4) is 0 Å². The second-order valence-electron chi connectivity index (χ2n) is 3.72. The van der Waals surface area contributed by atoms with E-state index in [0.29, 0.717) is 17.1 Å². The van der Waals surface area contributed by atoms with Crippen molar-refractivity contribution >= 4 is 11.7 Å². The minimum Gasteiger partial charge on any atom is -0.481 e. The van der Waals surface area contributed by atoms with Crippen molar-refractivity contribution < 1.29 is 14.3 Å². The fraction of sp³-hybridized carbons (Fsp3) is 0.154. The van der Waals surface area contributed by atoms with Crippen LogP contribution in [0.1, 0.15) is 16.1 Å². The van der Waals surface area contributed by atoms with Gasteiger partial charge >= 0.3 is 5.97 Å². The SMILES string of the molecule is COc1ncccc1COC(=O)c1ccc(N)cn1. The van der Waals surface area contributed by atoms with E-state index in [1.807, 2.05) is 0 Å². The molecule has 0 spiro atoms. The Kier molecular flexibility index (Phi) is 3.92. The lowest BCUT2D eigenvalue weighted by Crippen LogP contribution is -2.08. The Hall–Kier alpha value is -2.63. The van der Waals surface area contributed by atoms with Crippen LogP contribution in [-0.2, 0) is 11.3 Å². The molecule has 6 heteroatoms.